The number of ether oxygens (including phenoxy) is 4. The molecule has 3 aromatic rings. The predicted octanol–water partition coefficient (Wildman–Crippen LogP) is 4.66. The Morgan fingerprint density at radius 2 is 1.77 bits per heavy atom. The Hall–Kier alpha value is -4.19. The molecule has 0 radical (unpaired) electrons. The van der Waals surface area contributed by atoms with Crippen molar-refractivity contribution in [2.45, 2.75) is 38.7 Å². The van der Waals surface area contributed by atoms with Gasteiger partial charge in [0.25, 0.3) is 0 Å². The highest BCUT2D eigenvalue weighted by Crippen LogP contribution is 2.49. The zero-order chi connectivity index (χ0) is 25.3. The quantitative estimate of drug-likeness (QED) is 0.529. The predicted molar refractivity (Wildman–Crippen MR) is 127 cm³/mol. The van der Waals surface area contributed by atoms with E-state index in [1.54, 1.807) is 24.3 Å². The normalized spacial score (nSPS) is 15.2. The number of fused-ring (bicyclic) bond motifs is 1. The summed E-state index contributed by atoms with van der Waals surface area (Å²) in [6.45, 7) is 6.30. The molecule has 0 saturated heterocycles. The molecular weight excluding hydrogens is 451 g/mol. The first-order valence-electron chi connectivity index (χ1n) is 11.0. The number of halogens is 1. The van der Waals surface area contributed by atoms with Crippen LogP contribution in [0.25, 0.3) is 0 Å². The summed E-state index contributed by atoms with van der Waals surface area (Å²) in [7, 11) is 3.04. The molecule has 1 aliphatic rings. The molecule has 2 heterocycles. The zero-order valence-corrected chi connectivity index (χ0v) is 20.2. The van der Waals surface area contributed by atoms with E-state index >= 15 is 0 Å². The van der Waals surface area contributed by atoms with Crippen molar-refractivity contribution in [2.24, 2.45) is 5.73 Å². The van der Waals surface area contributed by atoms with Gasteiger partial charge in [-0.05, 0) is 35.4 Å². The molecule has 3 N–H and O–H groups in total. The van der Waals surface area contributed by atoms with Gasteiger partial charge in [0.15, 0.2) is 11.5 Å². The van der Waals surface area contributed by atoms with Crippen LogP contribution in [0.15, 0.2) is 47.9 Å². The lowest BCUT2D eigenvalue weighted by Crippen LogP contribution is -2.24. The second kappa shape index (κ2) is 9.22. The molecule has 35 heavy (non-hydrogen) atoms. The van der Waals surface area contributed by atoms with Gasteiger partial charge in [0.05, 0.1) is 25.7 Å². The Kier molecular flexibility index (Phi) is 6.31. The number of aromatic amines is 1. The summed E-state index contributed by atoms with van der Waals surface area (Å²) in [5.74, 6) is 0.633. The van der Waals surface area contributed by atoms with Gasteiger partial charge in [-0.2, -0.15) is 5.26 Å². The maximum atomic E-state index is 13.2. The number of nitriles is 1. The van der Waals surface area contributed by atoms with Gasteiger partial charge in [-0.15, -0.1) is 5.10 Å². The van der Waals surface area contributed by atoms with Crippen LogP contribution in [0.5, 0.6) is 23.1 Å². The average Bonchev–Trinajstić information content (AvgIpc) is 3.26. The summed E-state index contributed by atoms with van der Waals surface area (Å²) in [6, 6.07) is 11.8. The lowest BCUT2D eigenvalue weighted by molar-refractivity contribution is 0.265. The highest BCUT2D eigenvalue weighted by molar-refractivity contribution is 5.61. The molecule has 0 bridgehead atoms. The van der Waals surface area contributed by atoms with E-state index in [0.29, 0.717) is 28.7 Å². The third kappa shape index (κ3) is 4.47. The number of nitrogens with zero attached hydrogens (tertiary/aromatic N) is 2. The second-order valence-electron chi connectivity index (χ2n) is 9.16. The molecule has 9 heteroatoms. The SMILES string of the molecule is COc1cc([C@@H]2C(C#N)=C(N)Oc3n[nH]c(C(C)(C)C)c32)cc(OC)c1OCc1ccc(F)cc1. The maximum Gasteiger partial charge on any atom is 0.244 e. The van der Waals surface area contributed by atoms with Gasteiger partial charge in [-0.3, -0.25) is 5.10 Å². The van der Waals surface area contributed by atoms with E-state index in [1.165, 1.54) is 26.4 Å². The second-order valence-corrected chi connectivity index (χ2v) is 9.16. The Morgan fingerprint density at radius 3 is 2.31 bits per heavy atom. The molecule has 2 aromatic carbocycles. The largest absolute Gasteiger partial charge is 0.493 e. The van der Waals surface area contributed by atoms with Crippen molar-refractivity contribution in [1.82, 2.24) is 10.2 Å². The number of methoxy groups -OCH3 is 2. The first kappa shape index (κ1) is 24.0. The minimum absolute atomic E-state index is 0.00784. The maximum absolute atomic E-state index is 13.2. The summed E-state index contributed by atoms with van der Waals surface area (Å²) in [5.41, 5.74) is 9.10. The van der Waals surface area contributed by atoms with Crippen LogP contribution in [0.2, 0.25) is 0 Å². The van der Waals surface area contributed by atoms with Crippen molar-refractivity contribution in [3.05, 3.63) is 76.1 Å². The van der Waals surface area contributed by atoms with E-state index in [2.05, 4.69) is 16.3 Å². The summed E-state index contributed by atoms with van der Waals surface area (Å²) >= 11 is 0. The molecular formula is C26H27FN4O4. The van der Waals surface area contributed by atoms with E-state index in [9.17, 15) is 9.65 Å². The van der Waals surface area contributed by atoms with Crippen molar-refractivity contribution >= 4 is 0 Å². The van der Waals surface area contributed by atoms with Gasteiger partial charge in [-0.1, -0.05) is 32.9 Å². The summed E-state index contributed by atoms with van der Waals surface area (Å²) < 4.78 is 36.2. The highest BCUT2D eigenvalue weighted by Gasteiger charge is 2.38. The van der Waals surface area contributed by atoms with Gasteiger partial charge in [0.1, 0.15) is 24.1 Å². The van der Waals surface area contributed by atoms with Crippen LogP contribution in [0.1, 0.15) is 49.1 Å². The number of benzene rings is 2. The van der Waals surface area contributed by atoms with E-state index in [1.807, 2.05) is 20.8 Å². The molecule has 182 valence electrons. The van der Waals surface area contributed by atoms with Crippen molar-refractivity contribution in [1.29, 1.82) is 5.26 Å². The highest BCUT2D eigenvalue weighted by atomic mass is 19.1. The van der Waals surface area contributed by atoms with Crippen LogP contribution in [-0.4, -0.2) is 24.4 Å². The van der Waals surface area contributed by atoms with Crippen molar-refractivity contribution in [2.75, 3.05) is 14.2 Å². The lowest BCUT2D eigenvalue weighted by atomic mass is 9.78. The molecule has 0 spiro atoms. The average molecular weight is 479 g/mol. The third-order valence-corrected chi connectivity index (χ3v) is 5.80. The van der Waals surface area contributed by atoms with Gasteiger partial charge in [0.2, 0.25) is 17.5 Å². The molecule has 0 unspecified atom stereocenters. The van der Waals surface area contributed by atoms with Gasteiger partial charge in [0, 0.05) is 11.1 Å². The fraction of sp³-hybridized carbons (Fsp3) is 0.308. The summed E-state index contributed by atoms with van der Waals surface area (Å²) in [6.07, 6.45) is 0. The van der Waals surface area contributed by atoms with E-state index in [-0.39, 0.29) is 29.3 Å². The van der Waals surface area contributed by atoms with Crippen LogP contribution >= 0.6 is 0 Å². The van der Waals surface area contributed by atoms with Crippen LogP contribution in [-0.2, 0) is 12.0 Å². The molecule has 4 rings (SSSR count). The van der Waals surface area contributed by atoms with Crippen molar-refractivity contribution in [3.63, 3.8) is 0 Å². The summed E-state index contributed by atoms with van der Waals surface area (Å²) in [5, 5.41) is 17.3. The molecule has 8 nitrogen and oxygen atoms in total. The molecule has 0 aliphatic carbocycles. The van der Waals surface area contributed by atoms with Crippen molar-refractivity contribution in [3.8, 4) is 29.2 Å². The smallest absolute Gasteiger partial charge is 0.244 e. The number of nitrogens with two attached hydrogens (primary N) is 1. The minimum atomic E-state index is -0.564. The Morgan fingerprint density at radius 1 is 1.14 bits per heavy atom. The molecule has 0 saturated carbocycles. The van der Waals surface area contributed by atoms with Crippen LogP contribution < -0.4 is 24.7 Å². The van der Waals surface area contributed by atoms with Crippen LogP contribution in [0, 0.1) is 17.1 Å². The topological polar surface area (TPSA) is 115 Å². The summed E-state index contributed by atoms with van der Waals surface area (Å²) in [4.78, 5) is 0. The van der Waals surface area contributed by atoms with Crippen LogP contribution in [0.3, 0.4) is 0 Å². The minimum Gasteiger partial charge on any atom is -0.493 e. The number of allylic oxidation sites excluding steroid dienone is 1. The number of aromatic nitrogens is 2. The molecule has 1 aromatic heterocycles. The zero-order valence-electron chi connectivity index (χ0n) is 20.2. The number of nitrogens with one attached hydrogen (secondary N) is 1. The Bertz CT molecular complexity index is 1290. The van der Waals surface area contributed by atoms with Crippen molar-refractivity contribution < 1.29 is 23.3 Å². The monoisotopic (exact) mass is 478 g/mol. The van der Waals surface area contributed by atoms with E-state index < -0.39 is 5.92 Å². The Balaban J connectivity index is 1.82. The van der Waals surface area contributed by atoms with Crippen LogP contribution in [0.4, 0.5) is 4.39 Å². The van der Waals surface area contributed by atoms with Gasteiger partial charge < -0.3 is 24.7 Å². The first-order chi connectivity index (χ1) is 16.7. The van der Waals surface area contributed by atoms with E-state index in [4.69, 9.17) is 24.7 Å². The fourth-order valence-corrected chi connectivity index (χ4v) is 4.10. The Labute approximate surface area is 203 Å². The molecule has 1 aliphatic heterocycles. The number of hydrogen-bond acceptors (Lipinski definition) is 7. The van der Waals surface area contributed by atoms with Gasteiger partial charge in [-0.25, -0.2) is 4.39 Å². The number of hydrogen-bond donors (Lipinski definition) is 2. The first-order valence-corrected chi connectivity index (χ1v) is 11.0. The lowest BCUT2D eigenvalue weighted by Gasteiger charge is -2.28. The molecule has 0 amide bonds. The standard InChI is InChI=1S/C26H27FN4O4/c1-26(2,3)23-21-20(17(12-28)24(29)35-25(21)31-30-23)15-10-18(32-4)22(19(11-15)33-5)34-13-14-6-8-16(27)9-7-14/h6-11,20H,13,29H2,1-5H3,(H,30,31)/t20-/m1/s1. The number of H-pyrrole nitrogens is 1. The van der Waals surface area contributed by atoms with Gasteiger partial charge >= 0.3 is 0 Å². The molecule has 1 atom stereocenters. The number of rotatable bonds is 6. The molecule has 0 fully saturated rings. The third-order valence-electron chi connectivity index (χ3n) is 5.80. The van der Waals surface area contributed by atoms with E-state index in [0.717, 1.165) is 16.8 Å². The fourth-order valence-electron chi connectivity index (χ4n) is 4.10.